The number of aliphatic hydroxyl groups is 1. The molecule has 0 radical (unpaired) electrons. The minimum absolute atomic E-state index is 0.125. The van der Waals surface area contributed by atoms with Gasteiger partial charge in [0.1, 0.15) is 11.3 Å². The molecule has 0 bridgehead atoms. The summed E-state index contributed by atoms with van der Waals surface area (Å²) in [5, 5.41) is 9.60. The van der Waals surface area contributed by atoms with Gasteiger partial charge in [-0.15, -0.1) is 0 Å². The van der Waals surface area contributed by atoms with Crippen LogP contribution in [-0.2, 0) is 0 Å². The zero-order chi connectivity index (χ0) is 12.0. The molecule has 1 aliphatic rings. The van der Waals surface area contributed by atoms with E-state index in [9.17, 15) is 9.90 Å². The van der Waals surface area contributed by atoms with Gasteiger partial charge in [0.15, 0.2) is 0 Å². The largest absolute Gasteiger partial charge is 0.386 e. The molecule has 0 saturated carbocycles. The molecule has 1 saturated heterocycles. The number of carbonyl (C=O) groups excluding carboxylic acids is 1. The number of fused-ring (bicyclic) bond motifs is 1. The van der Waals surface area contributed by atoms with Crippen LogP contribution in [0.4, 0.5) is 0 Å². The Hall–Kier alpha value is -1.88. The lowest BCUT2D eigenvalue weighted by molar-refractivity contribution is -0.0670. The van der Waals surface area contributed by atoms with Gasteiger partial charge in [-0.2, -0.15) is 0 Å². The topological polar surface area (TPSA) is 57.8 Å². The van der Waals surface area contributed by atoms with Gasteiger partial charge in [0.2, 0.25) is 0 Å². The Morgan fingerprint density at radius 3 is 2.88 bits per heavy atom. The summed E-state index contributed by atoms with van der Waals surface area (Å²) in [5.74, 6) is -0.125. The number of β-amino-alcohol motifs (C(OH)–C–C–N with tert-alkyl or cyclic N) is 1. The van der Waals surface area contributed by atoms with Crippen molar-refractivity contribution in [1.82, 2.24) is 14.3 Å². The molecule has 0 aliphatic carbocycles. The summed E-state index contributed by atoms with van der Waals surface area (Å²) in [7, 11) is 0. The minimum atomic E-state index is -0.741. The third-order valence-electron chi connectivity index (χ3n) is 2.93. The third kappa shape index (κ3) is 1.68. The van der Waals surface area contributed by atoms with Gasteiger partial charge in [0.05, 0.1) is 18.7 Å². The first-order chi connectivity index (χ1) is 8.05. The number of amides is 1. The van der Waals surface area contributed by atoms with Crippen LogP contribution < -0.4 is 0 Å². The second-order valence-electron chi connectivity index (χ2n) is 4.75. The molecule has 0 unspecified atom stereocenters. The first kappa shape index (κ1) is 10.3. The molecule has 0 aromatic carbocycles. The van der Waals surface area contributed by atoms with Gasteiger partial charge in [-0.1, -0.05) is 6.07 Å². The highest BCUT2D eigenvalue weighted by Crippen LogP contribution is 2.21. The van der Waals surface area contributed by atoms with E-state index in [4.69, 9.17) is 0 Å². The molecule has 5 heteroatoms. The molecule has 3 heterocycles. The predicted octanol–water partition coefficient (Wildman–Crippen LogP) is 0.541. The first-order valence-corrected chi connectivity index (χ1v) is 5.51. The van der Waals surface area contributed by atoms with Crippen molar-refractivity contribution >= 4 is 11.6 Å². The summed E-state index contributed by atoms with van der Waals surface area (Å²) in [4.78, 5) is 17.9. The second-order valence-corrected chi connectivity index (χ2v) is 4.75. The van der Waals surface area contributed by atoms with Crippen molar-refractivity contribution in [3.05, 3.63) is 36.3 Å². The fraction of sp³-hybridized carbons (Fsp3) is 0.333. The van der Waals surface area contributed by atoms with E-state index in [-0.39, 0.29) is 5.91 Å². The maximum Gasteiger partial charge on any atom is 0.274 e. The summed E-state index contributed by atoms with van der Waals surface area (Å²) in [6.07, 6.45) is 3.57. The minimum Gasteiger partial charge on any atom is -0.386 e. The summed E-state index contributed by atoms with van der Waals surface area (Å²) < 4.78 is 1.81. The molecule has 1 fully saturated rings. The lowest BCUT2D eigenvalue weighted by atomic mass is 9.97. The van der Waals surface area contributed by atoms with Crippen LogP contribution in [0.3, 0.4) is 0 Å². The van der Waals surface area contributed by atoms with E-state index in [0.717, 1.165) is 5.65 Å². The van der Waals surface area contributed by atoms with Gasteiger partial charge in [-0.25, -0.2) is 4.98 Å². The Morgan fingerprint density at radius 1 is 1.47 bits per heavy atom. The summed E-state index contributed by atoms with van der Waals surface area (Å²) in [6, 6.07) is 5.62. The van der Waals surface area contributed by atoms with Gasteiger partial charge in [-0.05, 0) is 19.1 Å². The van der Waals surface area contributed by atoms with Gasteiger partial charge in [0, 0.05) is 12.4 Å². The highest BCUT2D eigenvalue weighted by Gasteiger charge is 2.40. The van der Waals surface area contributed by atoms with Crippen molar-refractivity contribution in [2.45, 2.75) is 12.5 Å². The normalized spacial score (nSPS) is 18.1. The highest BCUT2D eigenvalue weighted by atomic mass is 16.3. The van der Waals surface area contributed by atoms with Crippen molar-refractivity contribution in [2.75, 3.05) is 13.1 Å². The lowest BCUT2D eigenvalue weighted by Gasteiger charge is -2.43. The van der Waals surface area contributed by atoms with E-state index in [1.807, 2.05) is 28.8 Å². The number of imidazole rings is 1. The molecule has 0 spiro atoms. The van der Waals surface area contributed by atoms with Crippen molar-refractivity contribution in [3.63, 3.8) is 0 Å². The predicted molar refractivity (Wildman–Crippen MR) is 61.7 cm³/mol. The van der Waals surface area contributed by atoms with Crippen molar-refractivity contribution in [1.29, 1.82) is 0 Å². The fourth-order valence-corrected chi connectivity index (χ4v) is 2.12. The Labute approximate surface area is 98.3 Å². The summed E-state index contributed by atoms with van der Waals surface area (Å²) >= 11 is 0. The van der Waals surface area contributed by atoms with Crippen molar-refractivity contribution in [2.24, 2.45) is 0 Å². The van der Waals surface area contributed by atoms with Crippen molar-refractivity contribution in [3.8, 4) is 0 Å². The fourth-order valence-electron chi connectivity index (χ4n) is 2.12. The lowest BCUT2D eigenvalue weighted by Crippen LogP contribution is -2.61. The van der Waals surface area contributed by atoms with Crippen molar-refractivity contribution < 1.29 is 9.90 Å². The van der Waals surface area contributed by atoms with E-state index in [1.54, 1.807) is 18.0 Å². The van der Waals surface area contributed by atoms with Gasteiger partial charge in [-0.3, -0.25) is 4.79 Å². The standard InChI is InChI=1S/C12H13N3O2/c1-12(17)7-15(8-12)11(16)9-6-14-5-3-2-4-10(14)13-9/h2-6,17H,7-8H2,1H3. The molecule has 0 atom stereocenters. The number of hydrogen-bond donors (Lipinski definition) is 1. The molecule has 3 rings (SSSR count). The van der Waals surface area contributed by atoms with Crippen LogP contribution in [0.2, 0.25) is 0 Å². The molecular weight excluding hydrogens is 218 g/mol. The van der Waals surface area contributed by atoms with E-state index < -0.39 is 5.60 Å². The second kappa shape index (κ2) is 3.30. The van der Waals surface area contributed by atoms with Crippen LogP contribution >= 0.6 is 0 Å². The molecule has 1 N–H and O–H groups in total. The zero-order valence-corrected chi connectivity index (χ0v) is 9.50. The van der Waals surface area contributed by atoms with Gasteiger partial charge in [0.25, 0.3) is 5.91 Å². The van der Waals surface area contributed by atoms with E-state index in [0.29, 0.717) is 18.8 Å². The first-order valence-electron chi connectivity index (χ1n) is 5.51. The summed E-state index contributed by atoms with van der Waals surface area (Å²) in [5.41, 5.74) is 0.435. The number of aromatic nitrogens is 2. The van der Waals surface area contributed by atoms with Crippen LogP contribution in [0, 0.1) is 0 Å². The smallest absolute Gasteiger partial charge is 0.274 e. The van der Waals surface area contributed by atoms with Crippen LogP contribution in [-0.4, -0.2) is 44.0 Å². The molecule has 1 aliphatic heterocycles. The van der Waals surface area contributed by atoms with Crippen LogP contribution in [0.15, 0.2) is 30.6 Å². The average Bonchev–Trinajstić information content (AvgIpc) is 2.68. The Balaban J connectivity index is 1.87. The Morgan fingerprint density at radius 2 is 2.24 bits per heavy atom. The number of hydrogen-bond acceptors (Lipinski definition) is 3. The van der Waals surface area contributed by atoms with E-state index in [2.05, 4.69) is 4.98 Å². The molecule has 1 amide bonds. The molecule has 88 valence electrons. The molecule has 2 aromatic heterocycles. The van der Waals surface area contributed by atoms with Crippen LogP contribution in [0.5, 0.6) is 0 Å². The number of carbonyl (C=O) groups is 1. The van der Waals surface area contributed by atoms with Crippen LogP contribution in [0.1, 0.15) is 17.4 Å². The molecule has 5 nitrogen and oxygen atoms in total. The number of pyridine rings is 1. The third-order valence-corrected chi connectivity index (χ3v) is 2.93. The molecule has 17 heavy (non-hydrogen) atoms. The maximum atomic E-state index is 12.0. The average molecular weight is 231 g/mol. The Bertz CT molecular complexity index is 547. The zero-order valence-electron chi connectivity index (χ0n) is 9.50. The highest BCUT2D eigenvalue weighted by molar-refractivity contribution is 5.93. The quantitative estimate of drug-likeness (QED) is 0.779. The maximum absolute atomic E-state index is 12.0. The SMILES string of the molecule is CC1(O)CN(C(=O)c2cn3ccccc3n2)C1. The van der Waals surface area contributed by atoms with E-state index >= 15 is 0 Å². The van der Waals surface area contributed by atoms with Gasteiger partial charge < -0.3 is 14.4 Å². The van der Waals surface area contributed by atoms with Gasteiger partial charge >= 0.3 is 0 Å². The monoisotopic (exact) mass is 231 g/mol. The Kier molecular flexibility index (Phi) is 2.00. The van der Waals surface area contributed by atoms with E-state index in [1.165, 1.54) is 0 Å². The van der Waals surface area contributed by atoms with Crippen LogP contribution in [0.25, 0.3) is 5.65 Å². The number of rotatable bonds is 1. The molecule has 2 aromatic rings. The number of nitrogens with zero attached hydrogens (tertiary/aromatic N) is 3. The number of likely N-dealkylation sites (tertiary alicyclic amines) is 1. The summed E-state index contributed by atoms with van der Waals surface area (Å²) in [6.45, 7) is 2.47. The molecular formula is C12H13N3O2.